The number of hydrogen-bond donors (Lipinski definition) is 3. The first kappa shape index (κ1) is 23.3. The van der Waals surface area contributed by atoms with Crippen LogP contribution in [-0.4, -0.2) is 60.6 Å². The highest BCUT2D eigenvalue weighted by Gasteiger charge is 2.09. The molecule has 0 aliphatic rings. The van der Waals surface area contributed by atoms with E-state index < -0.39 is 0 Å². The molecule has 0 aromatic carbocycles. The Morgan fingerprint density at radius 2 is 1.81 bits per heavy atom. The van der Waals surface area contributed by atoms with Gasteiger partial charge in [0, 0.05) is 31.8 Å². The maximum Gasteiger partial charge on any atom is 0.222 e. The Hall–Kier alpha value is 0.0500. The molecule has 0 saturated carbocycles. The maximum absolute atomic E-state index is 11.6. The lowest BCUT2D eigenvalue weighted by atomic mass is 10.1. The van der Waals surface area contributed by atoms with E-state index in [1.807, 2.05) is 6.92 Å². The predicted octanol–water partition coefficient (Wildman–Crippen LogP) is 1.93. The zero-order valence-corrected chi connectivity index (χ0v) is 15.3. The van der Waals surface area contributed by atoms with Crippen LogP contribution in [0.15, 0.2) is 0 Å². The van der Waals surface area contributed by atoms with E-state index in [4.69, 9.17) is 14.9 Å². The summed E-state index contributed by atoms with van der Waals surface area (Å²) in [6.45, 7) is 7.85. The fourth-order valence-corrected chi connectivity index (χ4v) is 2.96. The lowest BCUT2D eigenvalue weighted by Crippen LogP contribution is -2.29. The number of carbonyl (C=O) groups is 1. The number of rotatable bonds is 12. The summed E-state index contributed by atoms with van der Waals surface area (Å²) < 4.78 is 5.58. The molecule has 0 aromatic heterocycles. The highest BCUT2D eigenvalue weighted by Crippen LogP contribution is 2.19. The molecular formula is C14H31NO4S2. The van der Waals surface area contributed by atoms with E-state index in [0.717, 1.165) is 31.6 Å². The summed E-state index contributed by atoms with van der Waals surface area (Å²) in [6, 6.07) is 0. The number of aliphatic hydroxyl groups excluding tert-OH is 2. The number of amides is 1. The number of nitrogens with one attached hydrogen (secondary N) is 1. The van der Waals surface area contributed by atoms with Crippen LogP contribution < -0.4 is 5.32 Å². The van der Waals surface area contributed by atoms with Gasteiger partial charge in [-0.2, -0.15) is 0 Å². The van der Waals surface area contributed by atoms with E-state index in [9.17, 15) is 4.79 Å². The summed E-state index contributed by atoms with van der Waals surface area (Å²) >= 11 is 0. The molecule has 1 amide bonds. The molecule has 1 unspecified atom stereocenters. The van der Waals surface area contributed by atoms with Crippen molar-refractivity contribution in [3.8, 4) is 0 Å². The summed E-state index contributed by atoms with van der Waals surface area (Å²) in [5.74, 6) is 2.28. The molecule has 1 atom stereocenters. The maximum atomic E-state index is 11.6. The highest BCUT2D eigenvalue weighted by molar-refractivity contribution is 8.76. The number of aliphatic hydroxyl groups is 2. The Morgan fingerprint density at radius 3 is 2.38 bits per heavy atom. The second-order valence-electron chi connectivity index (χ2n) is 4.79. The first-order valence-corrected chi connectivity index (χ1v) is 9.73. The van der Waals surface area contributed by atoms with Crippen molar-refractivity contribution >= 4 is 27.5 Å². The third kappa shape index (κ3) is 20.1. The van der Waals surface area contributed by atoms with Crippen molar-refractivity contribution in [3.63, 3.8) is 0 Å². The average Bonchev–Trinajstić information content (AvgIpc) is 2.44. The molecule has 0 saturated heterocycles. The Labute approximate surface area is 137 Å². The first-order chi connectivity index (χ1) is 10.1. The van der Waals surface area contributed by atoms with Crippen molar-refractivity contribution in [2.24, 2.45) is 5.92 Å². The summed E-state index contributed by atoms with van der Waals surface area (Å²) in [6.07, 6.45) is 1.44. The fraction of sp³-hybridized carbons (Fsp3) is 0.929. The van der Waals surface area contributed by atoms with Gasteiger partial charge in [0.1, 0.15) is 0 Å². The minimum atomic E-state index is -0.0184. The minimum absolute atomic E-state index is 0.0184. The molecule has 7 heteroatoms. The van der Waals surface area contributed by atoms with Crippen molar-refractivity contribution in [3.05, 3.63) is 0 Å². The Kier molecular flexibility index (Phi) is 20.1. The van der Waals surface area contributed by atoms with Gasteiger partial charge in [-0.3, -0.25) is 4.79 Å². The molecule has 128 valence electrons. The second kappa shape index (κ2) is 18.1. The van der Waals surface area contributed by atoms with Gasteiger partial charge in [-0.25, -0.2) is 0 Å². The van der Waals surface area contributed by atoms with Gasteiger partial charge >= 0.3 is 0 Å². The SMILES string of the molecule is CC(C)CCOC(C)CC(=O)NCCSSCCO.CO. The third-order valence-corrected chi connectivity index (χ3v) is 4.72. The van der Waals surface area contributed by atoms with Gasteiger partial charge in [0.2, 0.25) is 5.91 Å². The smallest absolute Gasteiger partial charge is 0.222 e. The number of carbonyl (C=O) groups excluding carboxylic acids is 1. The molecule has 3 N–H and O–H groups in total. The summed E-state index contributed by atoms with van der Waals surface area (Å²) in [5.41, 5.74) is 0. The van der Waals surface area contributed by atoms with E-state index in [1.165, 1.54) is 0 Å². The minimum Gasteiger partial charge on any atom is -0.400 e. The quantitative estimate of drug-likeness (QED) is 0.372. The predicted molar refractivity (Wildman–Crippen MR) is 92.6 cm³/mol. The molecule has 0 aliphatic carbocycles. The first-order valence-electron chi connectivity index (χ1n) is 7.24. The van der Waals surface area contributed by atoms with Crippen LogP contribution in [-0.2, 0) is 9.53 Å². The molecule has 0 bridgehead atoms. The van der Waals surface area contributed by atoms with Crippen molar-refractivity contribution in [1.82, 2.24) is 5.32 Å². The van der Waals surface area contributed by atoms with Gasteiger partial charge in [-0.05, 0) is 19.3 Å². The molecule has 0 fully saturated rings. The molecule has 5 nitrogen and oxygen atoms in total. The van der Waals surface area contributed by atoms with E-state index >= 15 is 0 Å². The summed E-state index contributed by atoms with van der Waals surface area (Å²) in [7, 11) is 4.29. The third-order valence-electron chi connectivity index (χ3n) is 2.34. The van der Waals surface area contributed by atoms with E-state index in [1.54, 1.807) is 21.6 Å². The molecule has 0 radical (unpaired) electrons. The van der Waals surface area contributed by atoms with Gasteiger partial charge in [-0.1, -0.05) is 35.4 Å². The fourth-order valence-electron chi connectivity index (χ4n) is 1.28. The lowest BCUT2D eigenvalue weighted by Gasteiger charge is -2.13. The molecule has 0 aromatic rings. The molecule has 0 aliphatic heterocycles. The van der Waals surface area contributed by atoms with E-state index in [-0.39, 0.29) is 18.6 Å². The van der Waals surface area contributed by atoms with Crippen LogP contribution >= 0.6 is 21.6 Å². The molecule has 0 heterocycles. The highest BCUT2D eigenvalue weighted by atomic mass is 33.1. The van der Waals surface area contributed by atoms with Crippen LogP contribution in [0.1, 0.15) is 33.6 Å². The molecule has 0 rings (SSSR count). The summed E-state index contributed by atoms with van der Waals surface area (Å²) in [4.78, 5) is 11.6. The Balaban J connectivity index is 0. The largest absolute Gasteiger partial charge is 0.400 e. The van der Waals surface area contributed by atoms with Crippen LogP contribution in [0.4, 0.5) is 0 Å². The van der Waals surface area contributed by atoms with Gasteiger partial charge in [0.25, 0.3) is 0 Å². The van der Waals surface area contributed by atoms with Crippen LogP contribution in [0.5, 0.6) is 0 Å². The van der Waals surface area contributed by atoms with Crippen LogP contribution in [0, 0.1) is 5.92 Å². The zero-order chi connectivity index (χ0) is 16.5. The zero-order valence-electron chi connectivity index (χ0n) is 13.6. The van der Waals surface area contributed by atoms with E-state index in [0.29, 0.717) is 18.9 Å². The molecular weight excluding hydrogens is 310 g/mol. The Morgan fingerprint density at radius 1 is 1.19 bits per heavy atom. The van der Waals surface area contributed by atoms with Crippen LogP contribution in [0.3, 0.4) is 0 Å². The average molecular weight is 342 g/mol. The molecule has 0 spiro atoms. The van der Waals surface area contributed by atoms with Crippen LogP contribution in [0.25, 0.3) is 0 Å². The number of hydrogen-bond acceptors (Lipinski definition) is 6. The number of ether oxygens (including phenoxy) is 1. The monoisotopic (exact) mass is 341 g/mol. The van der Waals surface area contributed by atoms with E-state index in [2.05, 4.69) is 19.2 Å². The van der Waals surface area contributed by atoms with Crippen molar-refractivity contribution < 1.29 is 19.7 Å². The van der Waals surface area contributed by atoms with Crippen molar-refractivity contribution in [2.45, 2.75) is 39.7 Å². The second-order valence-corrected chi connectivity index (χ2v) is 7.49. The van der Waals surface area contributed by atoms with Gasteiger partial charge in [-0.15, -0.1) is 0 Å². The lowest BCUT2D eigenvalue weighted by molar-refractivity contribution is -0.123. The van der Waals surface area contributed by atoms with Crippen LogP contribution in [0.2, 0.25) is 0 Å². The van der Waals surface area contributed by atoms with Gasteiger partial charge in [0.05, 0.1) is 19.1 Å². The normalized spacial score (nSPS) is 11.8. The topological polar surface area (TPSA) is 78.8 Å². The Bertz CT molecular complexity index is 231. The van der Waals surface area contributed by atoms with Gasteiger partial charge in [0.15, 0.2) is 0 Å². The summed E-state index contributed by atoms with van der Waals surface area (Å²) in [5, 5.41) is 18.5. The van der Waals surface area contributed by atoms with Crippen molar-refractivity contribution in [2.75, 3.05) is 38.4 Å². The standard InChI is InChI=1S/C13H27NO3S2.CH4O/c1-11(2)4-7-17-12(3)10-13(16)14-5-8-18-19-9-6-15;1-2/h11-12,15H,4-10H2,1-3H3,(H,14,16);2H,1H3. The van der Waals surface area contributed by atoms with Crippen molar-refractivity contribution in [1.29, 1.82) is 0 Å². The van der Waals surface area contributed by atoms with Gasteiger partial charge < -0.3 is 20.3 Å². The molecule has 21 heavy (non-hydrogen) atoms.